The molecule has 0 atom stereocenters. The molecule has 0 saturated heterocycles. The van der Waals surface area contributed by atoms with Gasteiger partial charge in [-0.3, -0.25) is 9.88 Å². The molecule has 0 aliphatic heterocycles. The Morgan fingerprint density at radius 3 is 2.88 bits per heavy atom. The number of hydrogen-bond donors (Lipinski definition) is 0. The Hall–Kier alpha value is -0.420. The van der Waals surface area contributed by atoms with Crippen LogP contribution in [0, 0.1) is 0 Å². The van der Waals surface area contributed by atoms with Gasteiger partial charge in [0.05, 0.1) is 5.69 Å². The number of thiophene rings is 1. The monoisotopic (exact) mass is 330 g/mol. The highest BCUT2D eigenvalue weighted by molar-refractivity contribution is 9.10. The molecule has 0 amide bonds. The van der Waals surface area contributed by atoms with E-state index in [9.17, 15) is 0 Å². The maximum atomic E-state index is 5.93. The topological polar surface area (TPSA) is 16.1 Å². The van der Waals surface area contributed by atoms with Gasteiger partial charge in [0.2, 0.25) is 0 Å². The maximum absolute atomic E-state index is 5.93. The normalized spacial score (nSPS) is 11.1. The highest BCUT2D eigenvalue weighted by atomic mass is 79.9. The fraction of sp³-hybridized carbons (Fsp3) is 0.250. The van der Waals surface area contributed by atoms with Crippen LogP contribution in [0.25, 0.3) is 0 Å². The van der Waals surface area contributed by atoms with Crippen LogP contribution >= 0.6 is 38.9 Å². The third-order valence-corrected chi connectivity index (χ3v) is 4.18. The molecule has 2 aromatic heterocycles. The summed E-state index contributed by atoms with van der Waals surface area (Å²) < 4.78 is 1.15. The first kappa shape index (κ1) is 13.0. The van der Waals surface area contributed by atoms with Crippen LogP contribution in [0.4, 0.5) is 0 Å². The molecule has 2 aromatic rings. The van der Waals surface area contributed by atoms with Crippen molar-refractivity contribution in [3.8, 4) is 0 Å². The fourth-order valence-corrected chi connectivity index (χ4v) is 3.28. The highest BCUT2D eigenvalue weighted by Crippen LogP contribution is 2.21. The Morgan fingerprint density at radius 1 is 1.41 bits per heavy atom. The summed E-state index contributed by atoms with van der Waals surface area (Å²) in [6.07, 6.45) is 1.74. The summed E-state index contributed by atoms with van der Waals surface area (Å²) in [5, 5.41) is 2.84. The molecule has 0 radical (unpaired) electrons. The van der Waals surface area contributed by atoms with E-state index in [0.29, 0.717) is 0 Å². The van der Waals surface area contributed by atoms with Gasteiger partial charge in [0.1, 0.15) is 0 Å². The van der Waals surface area contributed by atoms with Crippen LogP contribution in [0.5, 0.6) is 0 Å². The van der Waals surface area contributed by atoms with E-state index in [4.69, 9.17) is 11.6 Å². The van der Waals surface area contributed by atoms with Crippen LogP contribution in [0.3, 0.4) is 0 Å². The first-order valence-corrected chi connectivity index (χ1v) is 7.20. The molecule has 2 heterocycles. The zero-order valence-electron chi connectivity index (χ0n) is 9.36. The molecule has 5 heteroatoms. The van der Waals surface area contributed by atoms with Crippen molar-refractivity contribution in [3.05, 3.63) is 49.8 Å². The summed E-state index contributed by atoms with van der Waals surface area (Å²) in [4.78, 5) is 7.85. The Balaban J connectivity index is 1.95. The summed E-state index contributed by atoms with van der Waals surface area (Å²) in [6.45, 7) is 1.72. The van der Waals surface area contributed by atoms with E-state index in [-0.39, 0.29) is 0 Å². The second-order valence-corrected chi connectivity index (χ2v) is 6.22. The SMILES string of the molecule is CN(Cc1cc(Cl)ccn1)Cc1cc(Br)cs1. The van der Waals surface area contributed by atoms with Crippen molar-refractivity contribution < 1.29 is 0 Å². The summed E-state index contributed by atoms with van der Waals surface area (Å²) in [7, 11) is 2.08. The molecule has 0 aromatic carbocycles. The van der Waals surface area contributed by atoms with E-state index in [2.05, 4.69) is 44.3 Å². The van der Waals surface area contributed by atoms with Gasteiger partial charge in [-0.25, -0.2) is 0 Å². The van der Waals surface area contributed by atoms with Gasteiger partial charge in [-0.15, -0.1) is 11.3 Å². The van der Waals surface area contributed by atoms with Crippen molar-refractivity contribution in [3.63, 3.8) is 0 Å². The lowest BCUT2D eigenvalue weighted by atomic mass is 10.3. The zero-order chi connectivity index (χ0) is 12.3. The maximum Gasteiger partial charge on any atom is 0.0558 e. The molecule has 0 bridgehead atoms. The largest absolute Gasteiger partial charge is 0.295 e. The Bertz CT molecular complexity index is 501. The van der Waals surface area contributed by atoms with Gasteiger partial charge in [0.25, 0.3) is 0 Å². The Kier molecular flexibility index (Phi) is 4.56. The number of hydrogen-bond acceptors (Lipinski definition) is 3. The number of pyridine rings is 1. The summed E-state index contributed by atoms with van der Waals surface area (Å²) in [5.41, 5.74) is 0.996. The predicted molar refractivity (Wildman–Crippen MR) is 76.4 cm³/mol. The minimum absolute atomic E-state index is 0.738. The van der Waals surface area contributed by atoms with Crippen molar-refractivity contribution in [1.29, 1.82) is 0 Å². The van der Waals surface area contributed by atoms with Crippen LogP contribution in [0.2, 0.25) is 5.02 Å². The van der Waals surface area contributed by atoms with Crippen LogP contribution in [0.15, 0.2) is 34.2 Å². The highest BCUT2D eigenvalue weighted by Gasteiger charge is 2.05. The molecule has 0 aliphatic rings. The molecule has 0 spiro atoms. The van der Waals surface area contributed by atoms with E-state index in [1.165, 1.54) is 4.88 Å². The van der Waals surface area contributed by atoms with Gasteiger partial charge in [-0.1, -0.05) is 11.6 Å². The van der Waals surface area contributed by atoms with Gasteiger partial charge in [0.15, 0.2) is 0 Å². The van der Waals surface area contributed by atoms with E-state index in [1.807, 2.05) is 6.07 Å². The molecular formula is C12H12BrClN2S. The molecule has 2 rings (SSSR count). The molecule has 90 valence electrons. The number of aromatic nitrogens is 1. The van der Waals surface area contributed by atoms with Crippen LogP contribution < -0.4 is 0 Å². The van der Waals surface area contributed by atoms with Crippen molar-refractivity contribution in [1.82, 2.24) is 9.88 Å². The Labute approximate surface area is 118 Å². The van der Waals surface area contributed by atoms with Crippen molar-refractivity contribution in [2.75, 3.05) is 7.05 Å². The molecule has 0 saturated carbocycles. The van der Waals surface area contributed by atoms with Gasteiger partial charge in [-0.2, -0.15) is 0 Å². The van der Waals surface area contributed by atoms with Crippen molar-refractivity contribution in [2.24, 2.45) is 0 Å². The molecule has 0 aliphatic carbocycles. The number of halogens is 2. The van der Waals surface area contributed by atoms with Crippen molar-refractivity contribution >= 4 is 38.9 Å². The van der Waals surface area contributed by atoms with Crippen LogP contribution in [0.1, 0.15) is 10.6 Å². The fourth-order valence-electron chi connectivity index (χ4n) is 1.57. The minimum atomic E-state index is 0.738. The van der Waals surface area contributed by atoms with Gasteiger partial charge in [0, 0.05) is 39.0 Å². The summed E-state index contributed by atoms with van der Waals surface area (Å²) in [5.74, 6) is 0. The second-order valence-electron chi connectivity index (χ2n) is 3.87. The minimum Gasteiger partial charge on any atom is -0.295 e. The molecule has 2 nitrogen and oxygen atoms in total. The average molecular weight is 332 g/mol. The molecule has 17 heavy (non-hydrogen) atoms. The van der Waals surface area contributed by atoms with Gasteiger partial charge in [-0.05, 0) is 41.2 Å². The van der Waals surface area contributed by atoms with Gasteiger partial charge >= 0.3 is 0 Å². The first-order chi connectivity index (χ1) is 8.13. The number of nitrogens with zero attached hydrogens (tertiary/aromatic N) is 2. The van der Waals surface area contributed by atoms with E-state index < -0.39 is 0 Å². The standard InChI is InChI=1S/C12H12BrClN2S/c1-16(7-12-4-9(13)8-17-12)6-11-5-10(14)2-3-15-11/h2-5,8H,6-7H2,1H3. The van der Waals surface area contributed by atoms with E-state index in [1.54, 1.807) is 23.6 Å². The molecule has 0 fully saturated rings. The average Bonchev–Trinajstić information content (AvgIpc) is 2.63. The quantitative estimate of drug-likeness (QED) is 0.835. The summed E-state index contributed by atoms with van der Waals surface area (Å²) >= 11 is 11.1. The summed E-state index contributed by atoms with van der Waals surface area (Å²) in [6, 6.07) is 5.84. The van der Waals surface area contributed by atoms with Crippen LogP contribution in [-0.2, 0) is 13.1 Å². The zero-order valence-corrected chi connectivity index (χ0v) is 12.5. The van der Waals surface area contributed by atoms with E-state index >= 15 is 0 Å². The third-order valence-electron chi connectivity index (χ3n) is 2.26. The van der Waals surface area contributed by atoms with E-state index in [0.717, 1.165) is 28.3 Å². The lowest BCUT2D eigenvalue weighted by molar-refractivity contribution is 0.318. The second kappa shape index (κ2) is 5.96. The lowest BCUT2D eigenvalue weighted by Crippen LogP contribution is -2.17. The van der Waals surface area contributed by atoms with Crippen LogP contribution in [-0.4, -0.2) is 16.9 Å². The third kappa shape index (κ3) is 4.07. The molecule has 0 N–H and O–H groups in total. The molecular weight excluding hydrogens is 320 g/mol. The lowest BCUT2D eigenvalue weighted by Gasteiger charge is -2.14. The van der Waals surface area contributed by atoms with Gasteiger partial charge < -0.3 is 0 Å². The Morgan fingerprint density at radius 2 is 2.24 bits per heavy atom. The van der Waals surface area contributed by atoms with Crippen molar-refractivity contribution in [2.45, 2.75) is 13.1 Å². The predicted octanol–water partition coefficient (Wildman–Crippen LogP) is 4.19. The number of rotatable bonds is 4. The first-order valence-electron chi connectivity index (χ1n) is 5.15. The molecule has 0 unspecified atom stereocenters. The smallest absolute Gasteiger partial charge is 0.0558 e.